The molecule has 1 unspecified atom stereocenters. The van der Waals surface area contributed by atoms with Gasteiger partial charge in [-0.1, -0.05) is 6.07 Å². The minimum absolute atomic E-state index is 0.0240. The second kappa shape index (κ2) is 8.71. The molecule has 0 bridgehead atoms. The number of nitrogens with zero attached hydrogens (tertiary/aromatic N) is 1. The van der Waals surface area contributed by atoms with E-state index >= 15 is 0 Å². The van der Waals surface area contributed by atoms with Crippen molar-refractivity contribution >= 4 is 29.9 Å². The Kier molecular flexibility index (Phi) is 6.33. The monoisotopic (exact) mass is 396 g/mol. The fourth-order valence-electron chi connectivity index (χ4n) is 3.54. The Morgan fingerprint density at radius 2 is 2.04 bits per heavy atom. The molecule has 9 heteroatoms. The second-order valence-electron chi connectivity index (χ2n) is 6.78. The normalized spacial score (nSPS) is 21.7. The van der Waals surface area contributed by atoms with Crippen LogP contribution in [-0.2, 0) is 14.4 Å². The molecule has 0 saturated carbocycles. The van der Waals surface area contributed by atoms with Crippen LogP contribution in [0.1, 0.15) is 37.2 Å². The summed E-state index contributed by atoms with van der Waals surface area (Å²) in [5, 5.41) is 11.1. The van der Waals surface area contributed by atoms with Crippen molar-refractivity contribution in [3.63, 3.8) is 0 Å². The van der Waals surface area contributed by atoms with E-state index in [1.165, 1.54) is 0 Å². The van der Waals surface area contributed by atoms with Crippen LogP contribution < -0.4 is 10.1 Å². The zero-order valence-corrected chi connectivity index (χ0v) is 15.5. The SMILES string of the molecule is O=C(O)CN1CCC(c2ccc(OC3CCC(=O)NC3=O)cc2SF)CC1. The highest BCUT2D eigenvalue weighted by atomic mass is 32.2. The molecule has 3 rings (SSSR count). The number of halogens is 1. The van der Waals surface area contributed by atoms with Gasteiger partial charge >= 0.3 is 5.97 Å². The van der Waals surface area contributed by atoms with Crippen molar-refractivity contribution in [2.24, 2.45) is 0 Å². The molecule has 146 valence electrons. The van der Waals surface area contributed by atoms with E-state index in [-0.39, 0.29) is 36.9 Å². The van der Waals surface area contributed by atoms with Crippen LogP contribution in [0.4, 0.5) is 3.89 Å². The molecule has 2 aliphatic heterocycles. The third-order valence-electron chi connectivity index (χ3n) is 4.92. The first-order chi connectivity index (χ1) is 13.0. The number of rotatable bonds is 6. The highest BCUT2D eigenvalue weighted by Crippen LogP contribution is 2.37. The van der Waals surface area contributed by atoms with Crippen molar-refractivity contribution in [3.8, 4) is 5.75 Å². The Morgan fingerprint density at radius 1 is 1.30 bits per heavy atom. The number of carbonyl (C=O) groups excluding carboxylic acids is 2. The molecule has 1 aromatic carbocycles. The Hall–Kier alpha value is -2.13. The lowest BCUT2D eigenvalue weighted by Crippen LogP contribution is -2.46. The van der Waals surface area contributed by atoms with Gasteiger partial charge in [0, 0.05) is 17.7 Å². The lowest BCUT2D eigenvalue weighted by Gasteiger charge is -2.31. The zero-order chi connectivity index (χ0) is 19.4. The summed E-state index contributed by atoms with van der Waals surface area (Å²) in [4.78, 5) is 36.1. The number of amides is 2. The molecule has 7 nitrogen and oxygen atoms in total. The molecular formula is C18H21FN2O5S. The molecule has 2 heterocycles. The number of ether oxygens (including phenoxy) is 1. The van der Waals surface area contributed by atoms with Gasteiger partial charge in [-0.3, -0.25) is 24.6 Å². The molecule has 0 radical (unpaired) electrons. The van der Waals surface area contributed by atoms with Crippen LogP contribution in [0.15, 0.2) is 23.1 Å². The van der Waals surface area contributed by atoms with Crippen LogP contribution in [0.25, 0.3) is 0 Å². The van der Waals surface area contributed by atoms with Crippen LogP contribution in [-0.4, -0.2) is 53.5 Å². The Balaban J connectivity index is 1.65. The van der Waals surface area contributed by atoms with Crippen molar-refractivity contribution in [1.82, 2.24) is 10.2 Å². The average Bonchev–Trinajstić information content (AvgIpc) is 2.64. The van der Waals surface area contributed by atoms with E-state index in [1.807, 2.05) is 4.90 Å². The van der Waals surface area contributed by atoms with Crippen LogP contribution in [0, 0.1) is 0 Å². The number of hydrogen-bond donors (Lipinski definition) is 2. The Morgan fingerprint density at radius 3 is 2.67 bits per heavy atom. The molecule has 2 amide bonds. The number of piperidine rings is 2. The molecule has 2 aliphatic rings. The number of benzene rings is 1. The quantitative estimate of drug-likeness (QED) is 0.711. The molecule has 1 atom stereocenters. The van der Waals surface area contributed by atoms with Crippen molar-refractivity contribution < 1.29 is 28.1 Å². The smallest absolute Gasteiger partial charge is 0.317 e. The summed E-state index contributed by atoms with van der Waals surface area (Å²) in [6.07, 6.45) is 1.27. The number of hydrogen-bond acceptors (Lipinski definition) is 6. The van der Waals surface area contributed by atoms with E-state index in [4.69, 9.17) is 9.84 Å². The highest BCUT2D eigenvalue weighted by Gasteiger charge is 2.29. The van der Waals surface area contributed by atoms with Crippen molar-refractivity contribution in [3.05, 3.63) is 23.8 Å². The van der Waals surface area contributed by atoms with Crippen LogP contribution in [0.5, 0.6) is 5.75 Å². The predicted octanol–water partition coefficient (Wildman–Crippen LogP) is 2.11. The fourth-order valence-corrected chi connectivity index (χ4v) is 4.02. The van der Waals surface area contributed by atoms with Gasteiger partial charge in [0.15, 0.2) is 6.10 Å². The first-order valence-corrected chi connectivity index (χ1v) is 9.55. The van der Waals surface area contributed by atoms with Gasteiger partial charge in [0.05, 0.1) is 18.7 Å². The van der Waals surface area contributed by atoms with E-state index in [2.05, 4.69) is 5.32 Å². The lowest BCUT2D eigenvalue weighted by atomic mass is 9.89. The van der Waals surface area contributed by atoms with Crippen molar-refractivity contribution in [2.45, 2.75) is 42.6 Å². The molecule has 0 aliphatic carbocycles. The summed E-state index contributed by atoms with van der Waals surface area (Å²) in [7, 11) is 0. The standard InChI is InChI=1S/C18H21FN2O5S/c19-27-15-9-12(26-14-3-4-16(22)20-18(14)25)1-2-13(15)11-5-7-21(8-6-11)10-17(23)24/h1-2,9,11,14H,3-8,10H2,(H,23,24)(H,20,22,25). The lowest BCUT2D eigenvalue weighted by molar-refractivity contribution is -0.139. The van der Waals surface area contributed by atoms with E-state index < -0.39 is 18.0 Å². The van der Waals surface area contributed by atoms with Crippen LogP contribution >= 0.6 is 12.1 Å². The average molecular weight is 396 g/mol. The van der Waals surface area contributed by atoms with Gasteiger partial charge in [-0.05, 0) is 49.5 Å². The second-order valence-corrected chi connectivity index (χ2v) is 7.37. The first kappa shape index (κ1) is 19.6. The molecular weight excluding hydrogens is 375 g/mol. The number of carbonyl (C=O) groups is 3. The van der Waals surface area contributed by atoms with E-state index in [0.29, 0.717) is 30.2 Å². The van der Waals surface area contributed by atoms with Gasteiger partial charge in [-0.2, -0.15) is 3.89 Å². The number of carboxylic acid groups (broad SMARTS) is 1. The van der Waals surface area contributed by atoms with Crippen LogP contribution in [0.2, 0.25) is 0 Å². The van der Waals surface area contributed by atoms with E-state index in [1.54, 1.807) is 18.2 Å². The van der Waals surface area contributed by atoms with Gasteiger partial charge in [0.25, 0.3) is 5.91 Å². The fraction of sp³-hybridized carbons (Fsp3) is 0.500. The Bertz CT molecular complexity index is 736. The summed E-state index contributed by atoms with van der Waals surface area (Å²) < 4.78 is 19.2. The molecule has 2 saturated heterocycles. The summed E-state index contributed by atoms with van der Waals surface area (Å²) in [6.45, 7) is 1.33. The maximum Gasteiger partial charge on any atom is 0.317 e. The largest absolute Gasteiger partial charge is 0.481 e. The first-order valence-electron chi connectivity index (χ1n) is 8.83. The third kappa shape index (κ3) is 4.98. The minimum atomic E-state index is -0.844. The summed E-state index contributed by atoms with van der Waals surface area (Å²) >= 11 is 0.136. The van der Waals surface area contributed by atoms with Crippen molar-refractivity contribution in [1.29, 1.82) is 0 Å². The van der Waals surface area contributed by atoms with Gasteiger partial charge in [0.1, 0.15) is 5.75 Å². The van der Waals surface area contributed by atoms with Crippen LogP contribution in [0.3, 0.4) is 0 Å². The maximum absolute atomic E-state index is 13.5. The highest BCUT2D eigenvalue weighted by molar-refractivity contribution is 7.94. The predicted molar refractivity (Wildman–Crippen MR) is 96.3 cm³/mol. The molecule has 2 N–H and O–H groups in total. The zero-order valence-electron chi connectivity index (χ0n) is 14.7. The van der Waals surface area contributed by atoms with Gasteiger partial charge in [-0.15, -0.1) is 0 Å². The molecule has 27 heavy (non-hydrogen) atoms. The number of carboxylic acids is 1. The number of likely N-dealkylation sites (tertiary alicyclic amines) is 1. The van der Waals surface area contributed by atoms with E-state index in [0.717, 1.165) is 18.4 Å². The number of imide groups is 1. The van der Waals surface area contributed by atoms with Crippen molar-refractivity contribution in [2.75, 3.05) is 19.6 Å². The van der Waals surface area contributed by atoms with Gasteiger partial charge in [-0.25, -0.2) is 0 Å². The summed E-state index contributed by atoms with van der Waals surface area (Å²) in [5.41, 5.74) is 0.869. The maximum atomic E-state index is 13.5. The molecule has 1 aromatic rings. The van der Waals surface area contributed by atoms with Gasteiger partial charge in [0.2, 0.25) is 5.91 Å². The summed E-state index contributed by atoms with van der Waals surface area (Å²) in [5.74, 6) is -1.10. The topological polar surface area (TPSA) is 95.9 Å². The number of aliphatic carboxylic acids is 1. The summed E-state index contributed by atoms with van der Waals surface area (Å²) in [6, 6.07) is 5.09. The third-order valence-corrected chi connectivity index (χ3v) is 5.44. The minimum Gasteiger partial charge on any atom is -0.481 e. The molecule has 2 fully saturated rings. The molecule has 0 aromatic heterocycles. The van der Waals surface area contributed by atoms with Gasteiger partial charge < -0.3 is 9.84 Å². The Labute approximate surface area is 160 Å². The number of nitrogens with one attached hydrogen (secondary N) is 1. The van der Waals surface area contributed by atoms with E-state index in [9.17, 15) is 18.3 Å². The molecule has 0 spiro atoms.